The molecule has 0 bridgehead atoms. The Labute approximate surface area is 142 Å². The zero-order valence-electron chi connectivity index (χ0n) is 14.3. The van der Waals surface area contributed by atoms with Crippen molar-refractivity contribution in [3.8, 4) is 5.75 Å². The number of nitrogens with zero attached hydrogens (tertiary/aromatic N) is 3. The van der Waals surface area contributed by atoms with E-state index in [0.717, 1.165) is 43.7 Å². The second kappa shape index (κ2) is 7.97. The molecule has 0 amide bonds. The molecule has 6 heteroatoms. The third kappa shape index (κ3) is 4.58. The summed E-state index contributed by atoms with van der Waals surface area (Å²) in [5, 5.41) is 3.29. The Bertz CT molecular complexity index is 652. The molecule has 1 fully saturated rings. The first-order valence-corrected chi connectivity index (χ1v) is 8.30. The number of benzene rings is 1. The van der Waals surface area contributed by atoms with Crippen LogP contribution in [0.2, 0.25) is 0 Å². The van der Waals surface area contributed by atoms with Crippen LogP contribution in [0.5, 0.6) is 5.75 Å². The summed E-state index contributed by atoms with van der Waals surface area (Å²) in [5.41, 5.74) is 2.42. The van der Waals surface area contributed by atoms with E-state index in [0.29, 0.717) is 13.2 Å². The van der Waals surface area contributed by atoms with E-state index >= 15 is 0 Å². The number of ether oxygens (including phenoxy) is 2. The minimum absolute atomic E-state index is 0.583. The number of morpholine rings is 1. The molecule has 1 aromatic carbocycles. The van der Waals surface area contributed by atoms with Gasteiger partial charge in [0, 0.05) is 19.2 Å². The average Bonchev–Trinajstić information content (AvgIpc) is 2.59. The number of hydrogen-bond acceptors (Lipinski definition) is 6. The molecule has 2 heterocycles. The quantitative estimate of drug-likeness (QED) is 0.822. The van der Waals surface area contributed by atoms with Gasteiger partial charge in [-0.05, 0) is 37.1 Å². The van der Waals surface area contributed by atoms with E-state index in [4.69, 9.17) is 9.47 Å². The molecule has 0 aliphatic carbocycles. The molecule has 128 valence electrons. The van der Waals surface area contributed by atoms with Gasteiger partial charge in [0.05, 0.1) is 19.8 Å². The smallest absolute Gasteiger partial charge is 0.134 e. The molecule has 0 atom stereocenters. The number of hydrogen-bond donors (Lipinski definition) is 1. The van der Waals surface area contributed by atoms with Crippen LogP contribution in [0.1, 0.15) is 11.1 Å². The van der Waals surface area contributed by atoms with Crippen molar-refractivity contribution in [2.75, 3.05) is 49.7 Å². The van der Waals surface area contributed by atoms with Crippen molar-refractivity contribution in [3.05, 3.63) is 41.7 Å². The first-order valence-electron chi connectivity index (χ1n) is 8.30. The van der Waals surface area contributed by atoms with Crippen LogP contribution in [0.25, 0.3) is 0 Å². The fraction of sp³-hybridized carbons (Fsp3) is 0.444. The van der Waals surface area contributed by atoms with Crippen molar-refractivity contribution in [2.45, 2.75) is 13.8 Å². The summed E-state index contributed by atoms with van der Waals surface area (Å²) in [6.07, 6.45) is 1.60. The Kier molecular flexibility index (Phi) is 5.48. The van der Waals surface area contributed by atoms with Gasteiger partial charge in [0.25, 0.3) is 0 Å². The summed E-state index contributed by atoms with van der Waals surface area (Å²) in [5.74, 6) is 2.66. The van der Waals surface area contributed by atoms with E-state index in [1.165, 1.54) is 11.1 Å². The van der Waals surface area contributed by atoms with Gasteiger partial charge in [-0.15, -0.1) is 0 Å². The van der Waals surface area contributed by atoms with Gasteiger partial charge >= 0.3 is 0 Å². The fourth-order valence-electron chi connectivity index (χ4n) is 2.77. The van der Waals surface area contributed by atoms with Crippen molar-refractivity contribution in [1.82, 2.24) is 9.97 Å². The number of aromatic nitrogens is 2. The van der Waals surface area contributed by atoms with Crippen LogP contribution in [0, 0.1) is 13.8 Å². The summed E-state index contributed by atoms with van der Waals surface area (Å²) in [6.45, 7) is 8.65. The van der Waals surface area contributed by atoms with Gasteiger partial charge in [0.1, 0.15) is 30.3 Å². The normalized spacial score (nSPS) is 14.5. The summed E-state index contributed by atoms with van der Waals surface area (Å²) < 4.78 is 11.2. The topological polar surface area (TPSA) is 59.5 Å². The van der Waals surface area contributed by atoms with Crippen LogP contribution in [0.3, 0.4) is 0 Å². The third-order valence-corrected chi connectivity index (χ3v) is 3.86. The van der Waals surface area contributed by atoms with Crippen molar-refractivity contribution in [1.29, 1.82) is 0 Å². The monoisotopic (exact) mass is 328 g/mol. The van der Waals surface area contributed by atoms with Crippen LogP contribution in [-0.4, -0.2) is 49.4 Å². The molecular weight excluding hydrogens is 304 g/mol. The average molecular weight is 328 g/mol. The number of rotatable bonds is 6. The standard InChI is InChI=1S/C18H24N4O2/c1-14-9-15(2)11-16(10-14)24-6-3-19-17-12-18(21-13-20-17)22-4-7-23-8-5-22/h9-13H,3-8H2,1-2H3,(H,19,20,21). The zero-order valence-corrected chi connectivity index (χ0v) is 14.3. The minimum atomic E-state index is 0.583. The second-order valence-electron chi connectivity index (χ2n) is 5.96. The molecule has 2 aromatic rings. The van der Waals surface area contributed by atoms with E-state index in [-0.39, 0.29) is 0 Å². The summed E-state index contributed by atoms with van der Waals surface area (Å²) >= 11 is 0. The van der Waals surface area contributed by atoms with Gasteiger partial charge in [-0.3, -0.25) is 0 Å². The summed E-state index contributed by atoms with van der Waals surface area (Å²) in [6, 6.07) is 8.21. The molecular formula is C18H24N4O2. The highest BCUT2D eigenvalue weighted by atomic mass is 16.5. The largest absolute Gasteiger partial charge is 0.492 e. The van der Waals surface area contributed by atoms with Gasteiger partial charge in [0.15, 0.2) is 0 Å². The van der Waals surface area contributed by atoms with Gasteiger partial charge in [-0.2, -0.15) is 0 Å². The molecule has 0 radical (unpaired) electrons. The zero-order chi connectivity index (χ0) is 16.8. The Morgan fingerprint density at radius 1 is 1.08 bits per heavy atom. The predicted molar refractivity (Wildman–Crippen MR) is 95.0 cm³/mol. The van der Waals surface area contributed by atoms with Crippen molar-refractivity contribution in [3.63, 3.8) is 0 Å². The summed E-state index contributed by atoms with van der Waals surface area (Å²) in [4.78, 5) is 10.8. The first-order chi connectivity index (χ1) is 11.7. The molecule has 0 spiro atoms. The molecule has 1 aliphatic heterocycles. The molecule has 3 rings (SSSR count). The highest BCUT2D eigenvalue weighted by molar-refractivity contribution is 5.48. The van der Waals surface area contributed by atoms with Crippen LogP contribution in [0.4, 0.5) is 11.6 Å². The third-order valence-electron chi connectivity index (χ3n) is 3.86. The van der Waals surface area contributed by atoms with Crippen LogP contribution < -0.4 is 15.0 Å². The van der Waals surface area contributed by atoms with Crippen LogP contribution in [-0.2, 0) is 4.74 Å². The highest BCUT2D eigenvalue weighted by Crippen LogP contribution is 2.17. The SMILES string of the molecule is Cc1cc(C)cc(OCCNc2cc(N3CCOCC3)ncn2)c1. The maximum absolute atomic E-state index is 5.80. The molecule has 0 saturated carbocycles. The molecule has 1 aliphatic rings. The molecule has 1 aromatic heterocycles. The number of nitrogens with one attached hydrogen (secondary N) is 1. The van der Waals surface area contributed by atoms with Crippen molar-refractivity contribution >= 4 is 11.6 Å². The van der Waals surface area contributed by atoms with Crippen LogP contribution >= 0.6 is 0 Å². The molecule has 1 saturated heterocycles. The van der Waals surface area contributed by atoms with E-state index < -0.39 is 0 Å². The lowest BCUT2D eigenvalue weighted by atomic mass is 10.1. The molecule has 0 unspecified atom stereocenters. The maximum Gasteiger partial charge on any atom is 0.134 e. The Hall–Kier alpha value is -2.34. The number of anilines is 2. The van der Waals surface area contributed by atoms with Crippen molar-refractivity contribution < 1.29 is 9.47 Å². The first kappa shape index (κ1) is 16.5. The molecule has 1 N–H and O–H groups in total. The second-order valence-corrected chi connectivity index (χ2v) is 5.96. The van der Waals surface area contributed by atoms with E-state index in [1.54, 1.807) is 6.33 Å². The van der Waals surface area contributed by atoms with Gasteiger partial charge in [-0.1, -0.05) is 6.07 Å². The molecule has 6 nitrogen and oxygen atoms in total. The van der Waals surface area contributed by atoms with E-state index in [9.17, 15) is 0 Å². The maximum atomic E-state index is 5.80. The number of aryl methyl sites for hydroxylation is 2. The van der Waals surface area contributed by atoms with Gasteiger partial charge < -0.3 is 19.7 Å². The minimum Gasteiger partial charge on any atom is -0.492 e. The van der Waals surface area contributed by atoms with Gasteiger partial charge in [-0.25, -0.2) is 9.97 Å². The van der Waals surface area contributed by atoms with E-state index in [2.05, 4.69) is 40.1 Å². The summed E-state index contributed by atoms with van der Waals surface area (Å²) in [7, 11) is 0. The Balaban J connectivity index is 1.49. The Morgan fingerprint density at radius 2 is 1.83 bits per heavy atom. The lowest BCUT2D eigenvalue weighted by molar-refractivity contribution is 0.122. The molecule has 24 heavy (non-hydrogen) atoms. The fourth-order valence-corrected chi connectivity index (χ4v) is 2.77. The lowest BCUT2D eigenvalue weighted by Crippen LogP contribution is -2.36. The highest BCUT2D eigenvalue weighted by Gasteiger charge is 2.12. The lowest BCUT2D eigenvalue weighted by Gasteiger charge is -2.27. The van der Waals surface area contributed by atoms with Crippen LogP contribution in [0.15, 0.2) is 30.6 Å². The predicted octanol–water partition coefficient (Wildman–Crippen LogP) is 2.42. The van der Waals surface area contributed by atoms with E-state index in [1.807, 2.05) is 18.2 Å². The Morgan fingerprint density at radius 3 is 2.58 bits per heavy atom. The van der Waals surface area contributed by atoms with Crippen molar-refractivity contribution in [2.24, 2.45) is 0 Å². The van der Waals surface area contributed by atoms with Gasteiger partial charge in [0.2, 0.25) is 0 Å².